The highest BCUT2D eigenvalue weighted by Crippen LogP contribution is 2.42. The number of aliphatic imine (C=N–C) groups is 2. The van der Waals surface area contributed by atoms with Crippen molar-refractivity contribution in [3.05, 3.63) is 107 Å². The molecule has 0 fully saturated rings. The van der Waals surface area contributed by atoms with Crippen LogP contribution < -0.4 is 0 Å². The highest BCUT2D eigenvalue weighted by atomic mass is 16.1. The maximum Gasteiger partial charge on any atom is 0.234 e. The average Bonchev–Trinajstić information content (AvgIpc) is 3.65. The van der Waals surface area contributed by atoms with Crippen molar-refractivity contribution in [2.45, 2.75) is 37.5 Å². The smallest absolute Gasteiger partial charge is 0.211 e. The van der Waals surface area contributed by atoms with E-state index in [1.54, 1.807) is 12.2 Å². The maximum absolute atomic E-state index is 10.7. The van der Waals surface area contributed by atoms with E-state index in [4.69, 9.17) is 0 Å². The Bertz CT molecular complexity index is 1480. The zero-order chi connectivity index (χ0) is 24.8. The standard InChI is InChI=1S/C22H18N2O2.C10H10/c25-14-23-12-22(13-24-15-26)11-3-6-20-19-8-7-16-4-1-2-5-17(16)18(19)9-10-21(20)22;1-2-6-9(5-1)10-7-3-4-8-10/h1-2,4-5,7-10H,3,6,11-13H2;1-5,7H,6,8H2. The van der Waals surface area contributed by atoms with Crippen LogP contribution in [-0.2, 0) is 21.4 Å². The van der Waals surface area contributed by atoms with E-state index >= 15 is 0 Å². The summed E-state index contributed by atoms with van der Waals surface area (Å²) in [6.45, 7) is 0.599. The summed E-state index contributed by atoms with van der Waals surface area (Å²) in [4.78, 5) is 29.2. The van der Waals surface area contributed by atoms with Crippen LogP contribution in [0.3, 0.4) is 0 Å². The molecule has 3 aromatic rings. The van der Waals surface area contributed by atoms with E-state index in [-0.39, 0.29) is 0 Å². The minimum absolute atomic E-state index is 0.299. The molecule has 0 bridgehead atoms. The molecule has 178 valence electrons. The Balaban J connectivity index is 0.000000222. The van der Waals surface area contributed by atoms with Gasteiger partial charge in [-0.05, 0) is 75.9 Å². The largest absolute Gasteiger partial charge is 0.234 e. The van der Waals surface area contributed by atoms with Crippen LogP contribution >= 0.6 is 0 Å². The first kappa shape index (κ1) is 23.6. The summed E-state index contributed by atoms with van der Waals surface area (Å²) >= 11 is 0. The Morgan fingerprint density at radius 1 is 0.750 bits per heavy atom. The predicted molar refractivity (Wildman–Crippen MR) is 146 cm³/mol. The molecule has 0 aliphatic heterocycles. The van der Waals surface area contributed by atoms with Crippen molar-refractivity contribution >= 4 is 33.7 Å². The lowest BCUT2D eigenvalue weighted by Crippen LogP contribution is -2.37. The van der Waals surface area contributed by atoms with Crippen LogP contribution in [0.25, 0.3) is 21.5 Å². The van der Waals surface area contributed by atoms with Gasteiger partial charge in [-0.25, -0.2) is 19.6 Å². The minimum atomic E-state index is -0.428. The quantitative estimate of drug-likeness (QED) is 0.228. The number of hydrogen-bond donors (Lipinski definition) is 0. The highest BCUT2D eigenvalue weighted by Gasteiger charge is 2.37. The molecule has 0 N–H and O–H groups in total. The Kier molecular flexibility index (Phi) is 7.00. The van der Waals surface area contributed by atoms with Crippen molar-refractivity contribution in [1.82, 2.24) is 0 Å². The molecule has 3 aliphatic carbocycles. The number of allylic oxidation sites excluding steroid dienone is 8. The maximum atomic E-state index is 10.7. The third kappa shape index (κ3) is 4.57. The second kappa shape index (κ2) is 10.7. The SMILES string of the molecule is C1=CCC(C2=CC=CC2)=C1.O=C=NCC1(CN=C=O)CCCc2c1ccc1c2ccc2ccccc21. The van der Waals surface area contributed by atoms with Crippen LogP contribution in [0.2, 0.25) is 0 Å². The lowest BCUT2D eigenvalue weighted by molar-refractivity contribution is 0.379. The van der Waals surface area contributed by atoms with E-state index in [1.807, 2.05) is 6.07 Å². The summed E-state index contributed by atoms with van der Waals surface area (Å²) in [5.74, 6) is 0. The van der Waals surface area contributed by atoms with E-state index in [0.717, 1.165) is 37.7 Å². The number of benzene rings is 3. The van der Waals surface area contributed by atoms with Crippen LogP contribution in [0.5, 0.6) is 0 Å². The number of aryl methyl sites for hydroxylation is 1. The Labute approximate surface area is 211 Å². The van der Waals surface area contributed by atoms with Crippen molar-refractivity contribution < 1.29 is 9.59 Å². The summed E-state index contributed by atoms with van der Waals surface area (Å²) < 4.78 is 0. The van der Waals surface area contributed by atoms with Gasteiger partial charge < -0.3 is 0 Å². The van der Waals surface area contributed by atoms with Crippen LogP contribution in [-0.4, -0.2) is 25.2 Å². The van der Waals surface area contributed by atoms with Crippen LogP contribution in [0.4, 0.5) is 0 Å². The summed E-state index contributed by atoms with van der Waals surface area (Å²) in [6, 6.07) is 17.0. The predicted octanol–water partition coefficient (Wildman–Crippen LogP) is 7.00. The lowest BCUT2D eigenvalue weighted by Gasteiger charge is -2.37. The van der Waals surface area contributed by atoms with Crippen molar-refractivity contribution in [1.29, 1.82) is 0 Å². The molecule has 3 aliphatic rings. The molecule has 0 saturated heterocycles. The third-order valence-electron chi connectivity index (χ3n) is 7.54. The molecule has 0 atom stereocenters. The fourth-order valence-electron chi connectivity index (χ4n) is 5.77. The topological polar surface area (TPSA) is 58.9 Å². The summed E-state index contributed by atoms with van der Waals surface area (Å²) in [7, 11) is 0. The van der Waals surface area contributed by atoms with Crippen molar-refractivity contribution in [2.75, 3.05) is 13.1 Å². The van der Waals surface area contributed by atoms with E-state index in [0.29, 0.717) is 13.1 Å². The number of fused-ring (bicyclic) bond motifs is 5. The number of isocyanates is 2. The Morgan fingerprint density at radius 2 is 1.42 bits per heavy atom. The summed E-state index contributed by atoms with van der Waals surface area (Å²) in [5.41, 5.74) is 4.98. The molecule has 0 aromatic heterocycles. The van der Waals surface area contributed by atoms with E-state index in [2.05, 4.69) is 88.9 Å². The molecule has 6 rings (SSSR count). The molecule has 0 spiro atoms. The molecular formula is C32H28N2O2. The first-order valence-corrected chi connectivity index (χ1v) is 12.5. The molecule has 0 heterocycles. The highest BCUT2D eigenvalue weighted by molar-refractivity contribution is 6.08. The number of rotatable bonds is 5. The van der Waals surface area contributed by atoms with Gasteiger partial charge in [-0.15, -0.1) is 0 Å². The number of carbonyl (C=O) groups excluding carboxylic acids is 2. The van der Waals surface area contributed by atoms with Crippen LogP contribution in [0, 0.1) is 0 Å². The van der Waals surface area contributed by atoms with E-state index in [9.17, 15) is 9.59 Å². The van der Waals surface area contributed by atoms with Gasteiger partial charge in [0, 0.05) is 5.41 Å². The van der Waals surface area contributed by atoms with Gasteiger partial charge >= 0.3 is 0 Å². The summed E-state index contributed by atoms with van der Waals surface area (Å²) in [6.07, 6.45) is 21.4. The molecule has 4 nitrogen and oxygen atoms in total. The minimum Gasteiger partial charge on any atom is -0.211 e. The van der Waals surface area contributed by atoms with Gasteiger partial charge in [-0.3, -0.25) is 0 Å². The van der Waals surface area contributed by atoms with E-state index < -0.39 is 5.41 Å². The zero-order valence-electron chi connectivity index (χ0n) is 20.2. The van der Waals surface area contributed by atoms with Gasteiger partial charge in [0.1, 0.15) is 0 Å². The van der Waals surface area contributed by atoms with Crippen LogP contribution in [0.1, 0.15) is 36.8 Å². The second-order valence-corrected chi connectivity index (χ2v) is 9.57. The normalized spacial score (nSPS) is 19.6. The molecule has 0 radical (unpaired) electrons. The van der Waals surface area contributed by atoms with Gasteiger partial charge in [0.2, 0.25) is 12.2 Å². The monoisotopic (exact) mass is 472 g/mol. The average molecular weight is 473 g/mol. The van der Waals surface area contributed by atoms with Gasteiger partial charge in [0.15, 0.2) is 0 Å². The number of nitrogens with zero attached hydrogens (tertiary/aromatic N) is 2. The zero-order valence-corrected chi connectivity index (χ0v) is 20.2. The Morgan fingerprint density at radius 3 is 2.06 bits per heavy atom. The fourth-order valence-corrected chi connectivity index (χ4v) is 5.77. The van der Waals surface area contributed by atoms with Crippen molar-refractivity contribution in [3.63, 3.8) is 0 Å². The molecule has 0 unspecified atom stereocenters. The van der Waals surface area contributed by atoms with Gasteiger partial charge in [0.25, 0.3) is 0 Å². The molecule has 36 heavy (non-hydrogen) atoms. The van der Waals surface area contributed by atoms with Crippen molar-refractivity contribution in [3.8, 4) is 0 Å². The first-order valence-electron chi connectivity index (χ1n) is 12.5. The van der Waals surface area contributed by atoms with Gasteiger partial charge in [0.05, 0.1) is 13.1 Å². The molecule has 0 saturated carbocycles. The number of hydrogen-bond acceptors (Lipinski definition) is 4. The molecule has 3 aromatic carbocycles. The fraction of sp³-hybridized carbons (Fsp3) is 0.250. The van der Waals surface area contributed by atoms with E-state index in [1.165, 1.54) is 38.3 Å². The third-order valence-corrected chi connectivity index (χ3v) is 7.54. The molecule has 0 amide bonds. The van der Waals surface area contributed by atoms with Crippen LogP contribution in [0.15, 0.2) is 106 Å². The second-order valence-electron chi connectivity index (χ2n) is 9.57. The Hall–Kier alpha value is -4.10. The lowest BCUT2D eigenvalue weighted by atomic mass is 9.68. The van der Waals surface area contributed by atoms with Gasteiger partial charge in [-0.1, -0.05) is 85.0 Å². The van der Waals surface area contributed by atoms with Gasteiger partial charge in [-0.2, -0.15) is 0 Å². The van der Waals surface area contributed by atoms with Crippen molar-refractivity contribution in [2.24, 2.45) is 9.98 Å². The summed E-state index contributed by atoms with van der Waals surface area (Å²) in [5, 5.41) is 4.92. The molecular weight excluding hydrogens is 444 g/mol. The first-order chi connectivity index (χ1) is 17.8. The molecule has 4 heteroatoms.